The highest BCUT2D eigenvalue weighted by Gasteiger charge is 2.40. The number of hydrogen-bond acceptors (Lipinski definition) is 7. The fourth-order valence-corrected chi connectivity index (χ4v) is 3.36. The molecule has 2 aromatic heterocycles. The summed E-state index contributed by atoms with van der Waals surface area (Å²) >= 11 is 1.76. The summed E-state index contributed by atoms with van der Waals surface area (Å²) in [6.45, 7) is 3.97. The van der Waals surface area contributed by atoms with Gasteiger partial charge in [0, 0.05) is 30.0 Å². The topological polar surface area (TPSA) is 88.1 Å². The van der Waals surface area contributed by atoms with Crippen molar-refractivity contribution in [1.82, 2.24) is 10.5 Å². The third kappa shape index (κ3) is 4.08. The Morgan fingerprint density at radius 3 is 3.04 bits per heavy atom. The first-order valence-corrected chi connectivity index (χ1v) is 9.26. The molecule has 7 nitrogen and oxygen atoms in total. The maximum atomic E-state index is 5.73. The van der Waals surface area contributed by atoms with Gasteiger partial charge in [0.15, 0.2) is 12.5 Å². The summed E-state index contributed by atoms with van der Waals surface area (Å²) in [6, 6.07) is 5.91. The second kappa shape index (κ2) is 6.97. The molecule has 0 amide bonds. The summed E-state index contributed by atoms with van der Waals surface area (Å²) in [6.07, 6.45) is 3.37. The standard InChI is InChI=1S/C17H20N4O3S/c1-3-11-4-5-12(22-11)9-25-13-7-14(18-8-13)19-16-17(23-16)20-15-6-10(2)21-24-15/h4-6,8,16-17,20H,3,7,9H2,1-2H3,(H,18,19). The molecule has 2 atom stereocenters. The Hall–Kier alpha value is -2.19. The van der Waals surface area contributed by atoms with Gasteiger partial charge in [-0.25, -0.2) is 4.99 Å². The van der Waals surface area contributed by atoms with Crippen LogP contribution < -0.4 is 10.6 Å². The molecule has 1 fully saturated rings. The smallest absolute Gasteiger partial charge is 0.227 e. The summed E-state index contributed by atoms with van der Waals surface area (Å²) < 4.78 is 16.3. The van der Waals surface area contributed by atoms with Gasteiger partial charge in [0.25, 0.3) is 0 Å². The molecule has 4 heterocycles. The summed E-state index contributed by atoms with van der Waals surface area (Å²) in [4.78, 5) is 5.80. The van der Waals surface area contributed by atoms with Gasteiger partial charge in [0.2, 0.25) is 5.88 Å². The molecule has 0 saturated carbocycles. The molecule has 0 aromatic carbocycles. The number of nitrogens with one attached hydrogen (secondary N) is 2. The fraction of sp³-hybridized carbons (Fsp3) is 0.412. The average molecular weight is 360 g/mol. The minimum atomic E-state index is -0.192. The largest absolute Gasteiger partial charge is 0.465 e. The van der Waals surface area contributed by atoms with Crippen molar-refractivity contribution in [1.29, 1.82) is 0 Å². The minimum absolute atomic E-state index is 0.158. The van der Waals surface area contributed by atoms with E-state index in [0.717, 1.165) is 41.6 Å². The SMILES string of the molecule is CCc1ccc(CSC2=CN/C(=N\C3OC3Nc3cc(C)no3)C2)o1. The van der Waals surface area contributed by atoms with Gasteiger partial charge in [-0.15, -0.1) is 11.8 Å². The number of ether oxygens (including phenoxy) is 1. The Morgan fingerprint density at radius 2 is 2.28 bits per heavy atom. The molecule has 4 rings (SSSR count). The molecule has 8 heteroatoms. The Bertz CT molecular complexity index is 810. The third-order valence-corrected chi connectivity index (χ3v) is 4.93. The number of aromatic nitrogens is 1. The number of aliphatic imine (C=N–C) groups is 1. The van der Waals surface area contributed by atoms with Gasteiger partial charge in [-0.2, -0.15) is 0 Å². The van der Waals surface area contributed by atoms with Crippen LogP contribution in [0.15, 0.2) is 43.2 Å². The van der Waals surface area contributed by atoms with Crippen LogP contribution in [-0.2, 0) is 16.9 Å². The van der Waals surface area contributed by atoms with E-state index in [4.69, 9.17) is 13.7 Å². The number of amidine groups is 1. The van der Waals surface area contributed by atoms with Crippen LogP contribution in [0.2, 0.25) is 0 Å². The second-order valence-electron chi connectivity index (χ2n) is 5.94. The first-order valence-electron chi connectivity index (χ1n) is 8.27. The monoisotopic (exact) mass is 360 g/mol. The van der Waals surface area contributed by atoms with Crippen LogP contribution in [0.5, 0.6) is 0 Å². The number of furan rings is 1. The molecule has 25 heavy (non-hydrogen) atoms. The number of thioether (sulfide) groups is 1. The molecule has 0 bridgehead atoms. The maximum Gasteiger partial charge on any atom is 0.227 e. The van der Waals surface area contributed by atoms with Crippen LogP contribution in [0.3, 0.4) is 0 Å². The molecule has 0 radical (unpaired) electrons. The molecular formula is C17H20N4O3S. The van der Waals surface area contributed by atoms with Crippen molar-refractivity contribution < 1.29 is 13.7 Å². The average Bonchev–Trinajstić information content (AvgIpc) is 3.03. The van der Waals surface area contributed by atoms with E-state index in [1.54, 1.807) is 11.8 Å². The molecule has 2 unspecified atom stereocenters. The zero-order valence-electron chi connectivity index (χ0n) is 14.1. The highest BCUT2D eigenvalue weighted by molar-refractivity contribution is 8.02. The Balaban J connectivity index is 1.22. The van der Waals surface area contributed by atoms with Crippen LogP contribution in [0.4, 0.5) is 5.88 Å². The van der Waals surface area contributed by atoms with E-state index in [9.17, 15) is 0 Å². The van der Waals surface area contributed by atoms with Gasteiger partial charge >= 0.3 is 0 Å². The highest BCUT2D eigenvalue weighted by atomic mass is 32.2. The molecule has 2 aromatic rings. The Kier molecular flexibility index (Phi) is 4.54. The zero-order valence-corrected chi connectivity index (χ0v) is 14.9. The summed E-state index contributed by atoms with van der Waals surface area (Å²) in [5.41, 5.74) is 0.831. The van der Waals surface area contributed by atoms with E-state index in [0.29, 0.717) is 5.88 Å². The Morgan fingerprint density at radius 1 is 1.40 bits per heavy atom. The second-order valence-corrected chi connectivity index (χ2v) is 7.04. The van der Waals surface area contributed by atoms with Crippen LogP contribution in [0.25, 0.3) is 0 Å². The van der Waals surface area contributed by atoms with Gasteiger partial charge < -0.3 is 24.3 Å². The van der Waals surface area contributed by atoms with Gasteiger partial charge in [0.05, 0.1) is 11.4 Å². The molecule has 0 aliphatic carbocycles. The van der Waals surface area contributed by atoms with Crippen molar-refractivity contribution >= 4 is 23.5 Å². The Labute approximate surface area is 149 Å². The third-order valence-electron chi connectivity index (χ3n) is 3.87. The van der Waals surface area contributed by atoms with E-state index < -0.39 is 0 Å². The first kappa shape index (κ1) is 16.3. The van der Waals surface area contributed by atoms with Gasteiger partial charge in [0.1, 0.15) is 17.4 Å². The van der Waals surface area contributed by atoms with Crippen LogP contribution in [0.1, 0.15) is 30.6 Å². The maximum absolute atomic E-state index is 5.73. The number of anilines is 1. The highest BCUT2D eigenvalue weighted by Crippen LogP contribution is 2.30. The summed E-state index contributed by atoms with van der Waals surface area (Å²) in [5, 5.41) is 10.1. The van der Waals surface area contributed by atoms with Crippen molar-refractivity contribution in [2.24, 2.45) is 4.99 Å². The van der Waals surface area contributed by atoms with E-state index >= 15 is 0 Å². The van der Waals surface area contributed by atoms with E-state index in [2.05, 4.69) is 27.7 Å². The number of nitrogens with zero attached hydrogens (tertiary/aromatic N) is 2. The molecule has 2 N–H and O–H groups in total. The molecule has 132 valence electrons. The van der Waals surface area contributed by atoms with Crippen LogP contribution in [-0.4, -0.2) is 23.4 Å². The number of epoxide rings is 1. The lowest BCUT2D eigenvalue weighted by Gasteiger charge is -1.99. The normalized spacial score (nSPS) is 23.6. The van der Waals surface area contributed by atoms with Crippen LogP contribution >= 0.6 is 11.8 Å². The lowest BCUT2D eigenvalue weighted by molar-refractivity contribution is 0.376. The van der Waals surface area contributed by atoms with Crippen molar-refractivity contribution in [3.05, 3.63) is 46.5 Å². The van der Waals surface area contributed by atoms with Gasteiger partial charge in [-0.05, 0) is 19.1 Å². The van der Waals surface area contributed by atoms with E-state index in [1.165, 1.54) is 4.91 Å². The lowest BCUT2D eigenvalue weighted by Crippen LogP contribution is -2.13. The van der Waals surface area contributed by atoms with Crippen molar-refractivity contribution in [2.45, 2.75) is 44.9 Å². The first-order chi connectivity index (χ1) is 12.2. The summed E-state index contributed by atoms with van der Waals surface area (Å²) in [7, 11) is 0. The fourth-order valence-electron chi connectivity index (χ4n) is 2.49. The number of aryl methyl sites for hydroxylation is 2. The summed E-state index contributed by atoms with van der Waals surface area (Å²) in [5.74, 6) is 4.38. The molecule has 2 aliphatic heterocycles. The van der Waals surface area contributed by atoms with Crippen LogP contribution in [0, 0.1) is 6.92 Å². The molecule has 0 spiro atoms. The molecule has 1 saturated heterocycles. The number of hydrogen-bond donors (Lipinski definition) is 2. The molecule has 2 aliphatic rings. The predicted octanol–water partition coefficient (Wildman–Crippen LogP) is 3.40. The molecular weight excluding hydrogens is 340 g/mol. The lowest BCUT2D eigenvalue weighted by atomic mass is 10.4. The predicted molar refractivity (Wildman–Crippen MR) is 96.2 cm³/mol. The van der Waals surface area contributed by atoms with Crippen molar-refractivity contribution in [3.63, 3.8) is 0 Å². The van der Waals surface area contributed by atoms with Gasteiger partial charge in [-0.1, -0.05) is 12.1 Å². The van der Waals surface area contributed by atoms with E-state index in [1.807, 2.05) is 31.3 Å². The number of rotatable bonds is 7. The minimum Gasteiger partial charge on any atom is -0.465 e. The quantitative estimate of drug-likeness (QED) is 0.732. The van der Waals surface area contributed by atoms with Crippen molar-refractivity contribution in [2.75, 3.05) is 5.32 Å². The van der Waals surface area contributed by atoms with Gasteiger partial charge in [-0.3, -0.25) is 0 Å². The zero-order chi connectivity index (χ0) is 17.2. The van der Waals surface area contributed by atoms with E-state index in [-0.39, 0.29) is 12.5 Å². The van der Waals surface area contributed by atoms with Crippen molar-refractivity contribution in [3.8, 4) is 0 Å².